The minimum atomic E-state index is -0.326. The van der Waals surface area contributed by atoms with Gasteiger partial charge in [0, 0.05) is 10.7 Å². The van der Waals surface area contributed by atoms with Gasteiger partial charge in [-0.3, -0.25) is 9.59 Å². The van der Waals surface area contributed by atoms with Gasteiger partial charge in [0.15, 0.2) is 0 Å². The standard InChI is InChI=1S/C20H21ClN2O3/c1-11-4-7-18(26-3)17(8-11)23-20(25)15-10-14(15)19(24)22-16-6-5-13(21)9-12(16)2/h4-9,14-15H,10H2,1-3H3,(H,22,24)(H,23,25). The first-order chi connectivity index (χ1) is 12.4. The van der Waals surface area contributed by atoms with Crippen LogP contribution in [0.1, 0.15) is 17.5 Å². The number of methoxy groups -OCH3 is 1. The Morgan fingerprint density at radius 3 is 2.27 bits per heavy atom. The minimum Gasteiger partial charge on any atom is -0.495 e. The highest BCUT2D eigenvalue weighted by Crippen LogP contribution is 2.41. The lowest BCUT2D eigenvalue weighted by Gasteiger charge is -2.11. The van der Waals surface area contributed by atoms with E-state index in [2.05, 4.69) is 10.6 Å². The maximum absolute atomic E-state index is 12.5. The number of anilines is 2. The summed E-state index contributed by atoms with van der Waals surface area (Å²) in [6.45, 7) is 3.82. The molecule has 0 spiro atoms. The van der Waals surface area contributed by atoms with Crippen molar-refractivity contribution in [2.45, 2.75) is 20.3 Å². The van der Waals surface area contributed by atoms with Crippen LogP contribution in [0.4, 0.5) is 11.4 Å². The summed E-state index contributed by atoms with van der Waals surface area (Å²) >= 11 is 5.93. The number of amides is 2. The number of aryl methyl sites for hydroxylation is 2. The Morgan fingerprint density at radius 2 is 1.65 bits per heavy atom. The van der Waals surface area contributed by atoms with E-state index in [0.717, 1.165) is 11.1 Å². The zero-order valence-electron chi connectivity index (χ0n) is 14.9. The SMILES string of the molecule is COc1ccc(C)cc1NC(=O)C1CC1C(=O)Nc1ccc(Cl)cc1C. The maximum Gasteiger partial charge on any atom is 0.228 e. The van der Waals surface area contributed by atoms with Crippen molar-refractivity contribution < 1.29 is 14.3 Å². The van der Waals surface area contributed by atoms with Crippen molar-refractivity contribution in [3.63, 3.8) is 0 Å². The highest BCUT2D eigenvalue weighted by molar-refractivity contribution is 6.30. The molecule has 0 aromatic heterocycles. The highest BCUT2D eigenvalue weighted by atomic mass is 35.5. The molecule has 26 heavy (non-hydrogen) atoms. The van der Waals surface area contributed by atoms with Crippen molar-refractivity contribution >= 4 is 34.8 Å². The van der Waals surface area contributed by atoms with E-state index in [1.54, 1.807) is 25.3 Å². The Balaban J connectivity index is 1.62. The molecule has 1 aliphatic carbocycles. The van der Waals surface area contributed by atoms with Gasteiger partial charge in [-0.05, 0) is 61.7 Å². The van der Waals surface area contributed by atoms with Crippen LogP contribution < -0.4 is 15.4 Å². The van der Waals surface area contributed by atoms with Crippen molar-refractivity contribution in [2.24, 2.45) is 11.8 Å². The van der Waals surface area contributed by atoms with Gasteiger partial charge in [-0.25, -0.2) is 0 Å². The molecule has 2 atom stereocenters. The lowest BCUT2D eigenvalue weighted by molar-refractivity contribution is -0.122. The molecular formula is C20H21ClN2O3. The van der Waals surface area contributed by atoms with E-state index in [1.165, 1.54) is 0 Å². The Bertz CT molecular complexity index is 866. The highest BCUT2D eigenvalue weighted by Gasteiger charge is 2.48. The third-order valence-corrected chi connectivity index (χ3v) is 4.76. The van der Waals surface area contributed by atoms with Crippen molar-refractivity contribution in [3.8, 4) is 5.75 Å². The molecular weight excluding hydrogens is 352 g/mol. The molecule has 136 valence electrons. The van der Waals surface area contributed by atoms with E-state index in [-0.39, 0.29) is 23.7 Å². The van der Waals surface area contributed by atoms with Gasteiger partial charge in [0.1, 0.15) is 5.75 Å². The zero-order chi connectivity index (χ0) is 18.8. The molecule has 0 saturated heterocycles. The molecule has 2 amide bonds. The molecule has 6 heteroatoms. The average Bonchev–Trinajstić information content (AvgIpc) is 3.38. The molecule has 1 fully saturated rings. The average molecular weight is 373 g/mol. The number of benzene rings is 2. The largest absolute Gasteiger partial charge is 0.495 e. The molecule has 1 saturated carbocycles. The van der Waals surface area contributed by atoms with Gasteiger partial charge in [0.05, 0.1) is 24.6 Å². The summed E-state index contributed by atoms with van der Waals surface area (Å²) in [6.07, 6.45) is 0.540. The van der Waals surface area contributed by atoms with Crippen LogP contribution in [0.25, 0.3) is 0 Å². The van der Waals surface area contributed by atoms with Gasteiger partial charge in [-0.2, -0.15) is 0 Å². The van der Waals surface area contributed by atoms with Crippen molar-refractivity contribution in [1.82, 2.24) is 0 Å². The van der Waals surface area contributed by atoms with Crippen LogP contribution in [0.2, 0.25) is 5.02 Å². The first kappa shape index (κ1) is 18.3. The van der Waals surface area contributed by atoms with E-state index >= 15 is 0 Å². The second-order valence-electron chi connectivity index (χ2n) is 6.59. The predicted molar refractivity (Wildman–Crippen MR) is 103 cm³/mol. The van der Waals surface area contributed by atoms with Gasteiger partial charge >= 0.3 is 0 Å². The third-order valence-electron chi connectivity index (χ3n) is 4.52. The molecule has 0 radical (unpaired) electrons. The number of hydrogen-bond donors (Lipinski definition) is 2. The molecule has 3 rings (SSSR count). The molecule has 2 aromatic carbocycles. The van der Waals surface area contributed by atoms with Crippen molar-refractivity contribution in [1.29, 1.82) is 0 Å². The summed E-state index contributed by atoms with van der Waals surface area (Å²) in [4.78, 5) is 24.9. The smallest absolute Gasteiger partial charge is 0.228 e. The number of ether oxygens (including phenoxy) is 1. The van der Waals surface area contributed by atoms with E-state index < -0.39 is 0 Å². The quantitative estimate of drug-likeness (QED) is 0.827. The molecule has 5 nitrogen and oxygen atoms in total. The summed E-state index contributed by atoms with van der Waals surface area (Å²) in [5.41, 5.74) is 3.24. The topological polar surface area (TPSA) is 67.4 Å². The summed E-state index contributed by atoms with van der Waals surface area (Å²) < 4.78 is 5.27. The normalized spacial score (nSPS) is 18.2. The fourth-order valence-electron chi connectivity index (χ4n) is 2.91. The summed E-state index contributed by atoms with van der Waals surface area (Å²) in [7, 11) is 1.56. The lowest BCUT2D eigenvalue weighted by atomic mass is 10.2. The van der Waals surface area contributed by atoms with Gasteiger partial charge in [0.25, 0.3) is 0 Å². The number of nitrogens with one attached hydrogen (secondary N) is 2. The number of carbonyl (C=O) groups is 2. The summed E-state index contributed by atoms with van der Waals surface area (Å²) in [5.74, 6) is -0.357. The van der Waals surface area contributed by atoms with E-state index in [1.807, 2.05) is 32.0 Å². The zero-order valence-corrected chi connectivity index (χ0v) is 15.7. The van der Waals surface area contributed by atoms with Gasteiger partial charge in [-0.15, -0.1) is 0 Å². The molecule has 0 heterocycles. The molecule has 0 bridgehead atoms. The molecule has 0 aliphatic heterocycles. The van der Waals surface area contributed by atoms with Gasteiger partial charge in [-0.1, -0.05) is 17.7 Å². The molecule has 2 unspecified atom stereocenters. The van der Waals surface area contributed by atoms with Crippen LogP contribution in [0.3, 0.4) is 0 Å². The van der Waals surface area contributed by atoms with Crippen LogP contribution in [-0.2, 0) is 9.59 Å². The molecule has 2 N–H and O–H groups in total. The van der Waals surface area contributed by atoms with Crippen LogP contribution in [0.15, 0.2) is 36.4 Å². The van der Waals surface area contributed by atoms with E-state index in [9.17, 15) is 9.59 Å². The number of rotatable bonds is 5. The predicted octanol–water partition coefficient (Wildman–Crippen LogP) is 4.18. The van der Waals surface area contributed by atoms with Crippen molar-refractivity contribution in [2.75, 3.05) is 17.7 Å². The third kappa shape index (κ3) is 3.99. The Labute approximate surface area is 157 Å². The minimum absolute atomic E-state index is 0.147. The van der Waals surface area contributed by atoms with Crippen molar-refractivity contribution in [3.05, 3.63) is 52.5 Å². The second-order valence-corrected chi connectivity index (χ2v) is 7.03. The Morgan fingerprint density at radius 1 is 1.00 bits per heavy atom. The maximum atomic E-state index is 12.5. The van der Waals surface area contributed by atoms with Crippen LogP contribution in [-0.4, -0.2) is 18.9 Å². The Kier molecular flexibility index (Phi) is 5.18. The van der Waals surface area contributed by atoms with Gasteiger partial charge < -0.3 is 15.4 Å². The number of halogens is 1. The monoisotopic (exact) mass is 372 g/mol. The summed E-state index contributed by atoms with van der Waals surface area (Å²) in [5, 5.41) is 6.37. The summed E-state index contributed by atoms with van der Waals surface area (Å²) in [6, 6.07) is 10.9. The number of carbonyl (C=O) groups excluding carboxylic acids is 2. The van der Waals surface area contributed by atoms with Crippen LogP contribution >= 0.6 is 11.6 Å². The number of hydrogen-bond acceptors (Lipinski definition) is 3. The second kappa shape index (κ2) is 7.38. The molecule has 1 aliphatic rings. The Hall–Kier alpha value is -2.53. The van der Waals surface area contributed by atoms with Crippen LogP contribution in [0.5, 0.6) is 5.75 Å². The van der Waals surface area contributed by atoms with Crippen LogP contribution in [0, 0.1) is 25.7 Å². The lowest BCUT2D eigenvalue weighted by Crippen LogP contribution is -2.21. The first-order valence-electron chi connectivity index (χ1n) is 8.41. The fourth-order valence-corrected chi connectivity index (χ4v) is 3.14. The fraction of sp³-hybridized carbons (Fsp3) is 0.300. The van der Waals surface area contributed by atoms with E-state index in [4.69, 9.17) is 16.3 Å². The first-order valence-corrected chi connectivity index (χ1v) is 8.79. The molecule has 2 aromatic rings. The van der Waals surface area contributed by atoms with Gasteiger partial charge in [0.2, 0.25) is 11.8 Å². The van der Waals surface area contributed by atoms with E-state index in [0.29, 0.717) is 28.6 Å².